The standard InChI is InChI=1S/C11H20N2O2S/c1-9-10(3-2-4-12-9)11(14)13-5-7-16(15)8-6-13/h9-10,12H,2-8H2,1H3. The van der Waals surface area contributed by atoms with Gasteiger partial charge in [-0.05, 0) is 26.3 Å². The van der Waals surface area contributed by atoms with Crippen molar-refractivity contribution in [3.8, 4) is 0 Å². The van der Waals surface area contributed by atoms with Crippen LogP contribution in [0.5, 0.6) is 0 Å². The fourth-order valence-electron chi connectivity index (χ4n) is 2.47. The fourth-order valence-corrected chi connectivity index (χ4v) is 3.53. The molecule has 2 rings (SSSR count). The molecule has 0 aromatic carbocycles. The van der Waals surface area contributed by atoms with Crippen molar-refractivity contribution < 1.29 is 9.00 Å². The van der Waals surface area contributed by atoms with Crippen molar-refractivity contribution >= 4 is 16.7 Å². The maximum Gasteiger partial charge on any atom is 0.227 e. The second-order valence-electron chi connectivity index (χ2n) is 4.66. The van der Waals surface area contributed by atoms with Gasteiger partial charge in [-0.3, -0.25) is 9.00 Å². The van der Waals surface area contributed by atoms with Crippen molar-refractivity contribution in [3.05, 3.63) is 0 Å². The Morgan fingerprint density at radius 1 is 1.38 bits per heavy atom. The van der Waals surface area contributed by atoms with Crippen LogP contribution in [0.2, 0.25) is 0 Å². The molecule has 0 bridgehead atoms. The first kappa shape index (κ1) is 12.0. The van der Waals surface area contributed by atoms with E-state index in [0.29, 0.717) is 24.6 Å². The van der Waals surface area contributed by atoms with Crippen LogP contribution in [0, 0.1) is 5.92 Å². The first-order valence-electron chi connectivity index (χ1n) is 6.05. The molecule has 1 N–H and O–H groups in total. The highest BCUT2D eigenvalue weighted by atomic mass is 32.2. The summed E-state index contributed by atoms with van der Waals surface area (Å²) < 4.78 is 11.2. The third kappa shape index (κ3) is 2.63. The molecular weight excluding hydrogens is 224 g/mol. The number of piperidine rings is 1. The molecule has 0 saturated carbocycles. The molecule has 2 atom stereocenters. The van der Waals surface area contributed by atoms with E-state index in [-0.39, 0.29) is 17.9 Å². The van der Waals surface area contributed by atoms with Crippen molar-refractivity contribution in [2.24, 2.45) is 5.92 Å². The Labute approximate surface area is 99.2 Å². The third-order valence-corrected chi connectivity index (χ3v) is 4.84. The van der Waals surface area contributed by atoms with E-state index in [2.05, 4.69) is 12.2 Å². The van der Waals surface area contributed by atoms with Crippen molar-refractivity contribution in [2.75, 3.05) is 31.1 Å². The third-order valence-electron chi connectivity index (χ3n) is 3.57. The molecule has 4 nitrogen and oxygen atoms in total. The van der Waals surface area contributed by atoms with E-state index >= 15 is 0 Å². The highest BCUT2D eigenvalue weighted by Crippen LogP contribution is 2.19. The fraction of sp³-hybridized carbons (Fsp3) is 0.909. The molecule has 2 fully saturated rings. The Balaban J connectivity index is 1.93. The molecule has 5 heteroatoms. The van der Waals surface area contributed by atoms with Gasteiger partial charge in [0.25, 0.3) is 0 Å². The molecule has 2 unspecified atom stereocenters. The predicted octanol–water partition coefficient (Wildman–Crippen LogP) is -0.0346. The molecule has 0 spiro atoms. The number of carbonyl (C=O) groups is 1. The molecule has 0 aromatic rings. The smallest absolute Gasteiger partial charge is 0.227 e. The number of nitrogens with one attached hydrogen (secondary N) is 1. The highest BCUT2D eigenvalue weighted by Gasteiger charge is 2.32. The van der Waals surface area contributed by atoms with Crippen LogP contribution in [0.3, 0.4) is 0 Å². The minimum atomic E-state index is -0.701. The topological polar surface area (TPSA) is 49.4 Å². The van der Waals surface area contributed by atoms with Crippen LogP contribution in [0.25, 0.3) is 0 Å². The number of hydrogen-bond acceptors (Lipinski definition) is 3. The SMILES string of the molecule is CC1NCCCC1C(=O)N1CCS(=O)CC1. The number of hydrogen-bond donors (Lipinski definition) is 1. The van der Waals surface area contributed by atoms with E-state index in [9.17, 15) is 9.00 Å². The van der Waals surface area contributed by atoms with E-state index in [1.807, 2.05) is 4.90 Å². The second-order valence-corrected chi connectivity index (χ2v) is 6.36. The molecule has 0 radical (unpaired) electrons. The van der Waals surface area contributed by atoms with E-state index in [1.165, 1.54) is 0 Å². The molecule has 0 aliphatic carbocycles. The van der Waals surface area contributed by atoms with Gasteiger partial charge in [0, 0.05) is 41.4 Å². The lowest BCUT2D eigenvalue weighted by Crippen LogP contribution is -2.51. The van der Waals surface area contributed by atoms with Crippen LogP contribution in [0.1, 0.15) is 19.8 Å². The van der Waals surface area contributed by atoms with Crippen molar-refractivity contribution in [3.63, 3.8) is 0 Å². The second kappa shape index (κ2) is 5.27. The number of carbonyl (C=O) groups excluding carboxylic acids is 1. The number of amides is 1. The van der Waals surface area contributed by atoms with Gasteiger partial charge in [0.2, 0.25) is 5.91 Å². The summed E-state index contributed by atoms with van der Waals surface area (Å²) in [7, 11) is -0.701. The van der Waals surface area contributed by atoms with Crippen molar-refractivity contribution in [1.29, 1.82) is 0 Å². The largest absolute Gasteiger partial charge is 0.341 e. The average Bonchev–Trinajstić information content (AvgIpc) is 2.30. The van der Waals surface area contributed by atoms with Gasteiger partial charge in [-0.2, -0.15) is 0 Å². The number of nitrogens with zero attached hydrogens (tertiary/aromatic N) is 1. The molecule has 92 valence electrons. The molecular formula is C11H20N2O2S. The van der Waals surface area contributed by atoms with Crippen LogP contribution in [-0.2, 0) is 15.6 Å². The lowest BCUT2D eigenvalue weighted by atomic mass is 9.90. The van der Waals surface area contributed by atoms with E-state index in [0.717, 1.165) is 19.4 Å². The summed E-state index contributed by atoms with van der Waals surface area (Å²) in [4.78, 5) is 14.2. The van der Waals surface area contributed by atoms with Gasteiger partial charge in [-0.15, -0.1) is 0 Å². The van der Waals surface area contributed by atoms with Gasteiger partial charge >= 0.3 is 0 Å². The summed E-state index contributed by atoms with van der Waals surface area (Å²) in [5.74, 6) is 1.69. The van der Waals surface area contributed by atoms with Crippen LogP contribution in [-0.4, -0.2) is 52.2 Å². The molecule has 2 aliphatic rings. The Bertz CT molecular complexity index is 286. The van der Waals surface area contributed by atoms with Crippen LogP contribution in [0.15, 0.2) is 0 Å². The monoisotopic (exact) mass is 244 g/mol. The highest BCUT2D eigenvalue weighted by molar-refractivity contribution is 7.85. The van der Waals surface area contributed by atoms with Crippen LogP contribution >= 0.6 is 0 Å². The van der Waals surface area contributed by atoms with Gasteiger partial charge in [-0.1, -0.05) is 0 Å². The van der Waals surface area contributed by atoms with Gasteiger partial charge < -0.3 is 10.2 Å². The van der Waals surface area contributed by atoms with Gasteiger partial charge in [0.1, 0.15) is 0 Å². The van der Waals surface area contributed by atoms with Gasteiger partial charge in [-0.25, -0.2) is 0 Å². The molecule has 0 aromatic heterocycles. The minimum absolute atomic E-state index is 0.125. The van der Waals surface area contributed by atoms with Crippen LogP contribution in [0.4, 0.5) is 0 Å². The van der Waals surface area contributed by atoms with Crippen LogP contribution < -0.4 is 5.32 Å². The molecule has 2 aliphatic heterocycles. The van der Waals surface area contributed by atoms with Gasteiger partial charge in [0.05, 0.1) is 5.92 Å². The predicted molar refractivity (Wildman–Crippen MR) is 64.6 cm³/mol. The first-order chi connectivity index (χ1) is 7.68. The molecule has 16 heavy (non-hydrogen) atoms. The van der Waals surface area contributed by atoms with E-state index in [1.54, 1.807) is 0 Å². The first-order valence-corrected chi connectivity index (χ1v) is 7.54. The molecule has 2 saturated heterocycles. The molecule has 2 heterocycles. The van der Waals surface area contributed by atoms with Crippen molar-refractivity contribution in [2.45, 2.75) is 25.8 Å². The summed E-state index contributed by atoms with van der Waals surface area (Å²) in [5, 5.41) is 3.35. The zero-order chi connectivity index (χ0) is 11.5. The van der Waals surface area contributed by atoms with E-state index < -0.39 is 10.8 Å². The summed E-state index contributed by atoms with van der Waals surface area (Å²) >= 11 is 0. The summed E-state index contributed by atoms with van der Waals surface area (Å²) in [6.45, 7) is 4.46. The Morgan fingerprint density at radius 3 is 2.69 bits per heavy atom. The van der Waals surface area contributed by atoms with Crippen molar-refractivity contribution in [1.82, 2.24) is 10.2 Å². The Hall–Kier alpha value is -0.420. The van der Waals surface area contributed by atoms with Gasteiger partial charge in [0.15, 0.2) is 0 Å². The lowest BCUT2D eigenvalue weighted by Gasteiger charge is -2.35. The normalized spacial score (nSPS) is 32.7. The summed E-state index contributed by atoms with van der Waals surface area (Å²) in [6.07, 6.45) is 2.08. The average molecular weight is 244 g/mol. The Morgan fingerprint density at radius 2 is 2.06 bits per heavy atom. The molecule has 1 amide bonds. The maximum atomic E-state index is 12.3. The number of rotatable bonds is 1. The van der Waals surface area contributed by atoms with E-state index in [4.69, 9.17) is 0 Å². The Kier molecular flexibility index (Phi) is 3.97. The maximum absolute atomic E-state index is 12.3. The lowest BCUT2D eigenvalue weighted by molar-refractivity contribution is -0.136. The minimum Gasteiger partial charge on any atom is -0.341 e. The zero-order valence-corrected chi connectivity index (χ0v) is 10.6. The quantitative estimate of drug-likeness (QED) is 0.704. The summed E-state index contributed by atoms with van der Waals surface area (Å²) in [5.41, 5.74) is 0. The summed E-state index contributed by atoms with van der Waals surface area (Å²) in [6, 6.07) is 0.286. The zero-order valence-electron chi connectivity index (χ0n) is 9.78.